The van der Waals surface area contributed by atoms with Crippen LogP contribution in [0.3, 0.4) is 0 Å². The van der Waals surface area contributed by atoms with Crippen molar-refractivity contribution in [1.82, 2.24) is 5.43 Å². The largest absolute Gasteiger partial charge is 0.271 e. The minimum atomic E-state index is 0.565. The van der Waals surface area contributed by atoms with Crippen molar-refractivity contribution in [1.29, 1.82) is 0 Å². The highest BCUT2D eigenvalue weighted by Crippen LogP contribution is 2.57. The van der Waals surface area contributed by atoms with Crippen LogP contribution in [0.2, 0.25) is 0 Å². The van der Waals surface area contributed by atoms with E-state index in [9.17, 15) is 0 Å². The van der Waals surface area contributed by atoms with E-state index in [0.29, 0.717) is 6.04 Å². The molecular weight excluding hydrogens is 208 g/mol. The van der Waals surface area contributed by atoms with Gasteiger partial charge in [-0.3, -0.25) is 11.3 Å². The number of rotatable bonds is 4. The second kappa shape index (κ2) is 4.55. The topological polar surface area (TPSA) is 38.0 Å². The van der Waals surface area contributed by atoms with E-state index in [-0.39, 0.29) is 0 Å². The monoisotopic (exact) mass is 236 g/mol. The minimum Gasteiger partial charge on any atom is -0.271 e. The zero-order valence-corrected chi connectivity index (χ0v) is 11.4. The summed E-state index contributed by atoms with van der Waals surface area (Å²) in [5.41, 5.74) is 3.18. The summed E-state index contributed by atoms with van der Waals surface area (Å²) in [5, 5.41) is 0. The van der Waals surface area contributed by atoms with Gasteiger partial charge < -0.3 is 0 Å². The molecule has 2 nitrogen and oxygen atoms in total. The van der Waals surface area contributed by atoms with Gasteiger partial charge in [0, 0.05) is 6.04 Å². The number of nitrogens with two attached hydrogens (primary N) is 1. The van der Waals surface area contributed by atoms with Gasteiger partial charge in [0.2, 0.25) is 0 Å². The van der Waals surface area contributed by atoms with E-state index in [2.05, 4.69) is 19.3 Å². The fraction of sp³-hybridized carbons (Fsp3) is 1.00. The first kappa shape index (κ1) is 12.0. The third-order valence-corrected chi connectivity index (χ3v) is 6.16. The first-order chi connectivity index (χ1) is 8.22. The van der Waals surface area contributed by atoms with Gasteiger partial charge in [-0.2, -0.15) is 0 Å². The second-order valence-corrected chi connectivity index (χ2v) is 7.09. The molecule has 2 heteroatoms. The second-order valence-electron chi connectivity index (χ2n) is 7.09. The maximum absolute atomic E-state index is 5.88. The molecule has 0 heterocycles. The lowest BCUT2D eigenvalue weighted by Gasteiger charge is -2.57. The highest BCUT2D eigenvalue weighted by Gasteiger charge is 2.50. The molecule has 0 aromatic rings. The predicted octanol–water partition coefficient (Wildman–Crippen LogP) is 2.94. The fourth-order valence-electron chi connectivity index (χ4n) is 5.46. The van der Waals surface area contributed by atoms with Crippen molar-refractivity contribution in [2.45, 2.75) is 58.4 Å². The van der Waals surface area contributed by atoms with E-state index in [1.807, 2.05) is 0 Å². The summed E-state index contributed by atoms with van der Waals surface area (Å²) in [6, 6.07) is 0.565. The van der Waals surface area contributed by atoms with Gasteiger partial charge in [-0.1, -0.05) is 20.3 Å². The highest BCUT2D eigenvalue weighted by molar-refractivity contribution is 5.02. The molecule has 0 spiro atoms. The van der Waals surface area contributed by atoms with E-state index in [1.54, 1.807) is 6.42 Å². The normalized spacial score (nSPS) is 47.1. The van der Waals surface area contributed by atoms with Crippen LogP contribution in [0.1, 0.15) is 52.4 Å². The highest BCUT2D eigenvalue weighted by atomic mass is 15.2. The van der Waals surface area contributed by atoms with Gasteiger partial charge in [-0.25, -0.2) is 0 Å². The van der Waals surface area contributed by atoms with Gasteiger partial charge in [0.05, 0.1) is 0 Å². The Hall–Kier alpha value is -0.0800. The van der Waals surface area contributed by atoms with Crippen LogP contribution in [0.5, 0.6) is 0 Å². The lowest BCUT2D eigenvalue weighted by molar-refractivity contribution is -0.0597. The third-order valence-electron chi connectivity index (χ3n) is 6.16. The molecule has 0 saturated heterocycles. The molecule has 17 heavy (non-hydrogen) atoms. The van der Waals surface area contributed by atoms with Gasteiger partial charge in [0.1, 0.15) is 0 Å². The summed E-state index contributed by atoms with van der Waals surface area (Å²) in [5.74, 6) is 11.6. The van der Waals surface area contributed by atoms with Crippen molar-refractivity contribution in [2.24, 2.45) is 41.4 Å². The molecule has 4 fully saturated rings. The Morgan fingerprint density at radius 2 is 1.59 bits per heavy atom. The Bertz CT molecular complexity index is 248. The van der Waals surface area contributed by atoms with Gasteiger partial charge in [0.15, 0.2) is 0 Å². The summed E-state index contributed by atoms with van der Waals surface area (Å²) in [6.45, 7) is 4.67. The zero-order chi connectivity index (χ0) is 12.0. The lowest BCUT2D eigenvalue weighted by atomic mass is 9.50. The third kappa shape index (κ3) is 1.94. The molecule has 4 aliphatic rings. The van der Waals surface area contributed by atoms with Crippen LogP contribution in [-0.4, -0.2) is 6.04 Å². The number of hydrogen-bond acceptors (Lipinski definition) is 2. The maximum atomic E-state index is 5.88. The molecule has 0 aliphatic heterocycles. The Morgan fingerprint density at radius 1 is 1.06 bits per heavy atom. The molecule has 0 radical (unpaired) electrons. The SMILES string of the molecule is CCC(C)C(NN)C1C2CC3CC(C2)CC1C3. The number of hydrogen-bond donors (Lipinski definition) is 2. The first-order valence-electron chi connectivity index (χ1n) is 7.69. The van der Waals surface area contributed by atoms with Crippen LogP contribution in [0.25, 0.3) is 0 Å². The van der Waals surface area contributed by atoms with E-state index >= 15 is 0 Å². The molecule has 0 aromatic heterocycles. The van der Waals surface area contributed by atoms with Crippen molar-refractivity contribution >= 4 is 0 Å². The van der Waals surface area contributed by atoms with E-state index in [1.165, 1.54) is 32.1 Å². The Morgan fingerprint density at radius 3 is 2.00 bits per heavy atom. The number of hydrazine groups is 1. The lowest BCUT2D eigenvalue weighted by Crippen LogP contribution is -2.56. The standard InChI is InChI=1S/C15H28N2/c1-3-9(2)15(17-16)14-12-5-10-4-11(7-12)8-13(14)6-10/h9-15,17H,3-8,16H2,1-2H3. The fourth-order valence-corrected chi connectivity index (χ4v) is 5.46. The Kier molecular flexibility index (Phi) is 3.20. The van der Waals surface area contributed by atoms with Crippen LogP contribution in [0.15, 0.2) is 0 Å². The molecule has 4 rings (SSSR count). The maximum Gasteiger partial charge on any atom is 0.0269 e. The summed E-state index contributed by atoms with van der Waals surface area (Å²) in [7, 11) is 0. The van der Waals surface area contributed by atoms with Crippen LogP contribution in [0.4, 0.5) is 0 Å². The quantitative estimate of drug-likeness (QED) is 0.582. The minimum absolute atomic E-state index is 0.565. The molecule has 2 atom stereocenters. The van der Waals surface area contributed by atoms with Crippen LogP contribution < -0.4 is 11.3 Å². The van der Waals surface area contributed by atoms with Gasteiger partial charge >= 0.3 is 0 Å². The molecule has 4 aliphatic carbocycles. The van der Waals surface area contributed by atoms with Crippen LogP contribution in [-0.2, 0) is 0 Å². The molecule has 2 unspecified atom stereocenters. The van der Waals surface area contributed by atoms with Crippen molar-refractivity contribution in [3.05, 3.63) is 0 Å². The average Bonchev–Trinajstić information content (AvgIpc) is 2.32. The summed E-state index contributed by atoms with van der Waals surface area (Å²) < 4.78 is 0. The smallest absolute Gasteiger partial charge is 0.0269 e. The van der Waals surface area contributed by atoms with Gasteiger partial charge in [0.25, 0.3) is 0 Å². The van der Waals surface area contributed by atoms with Crippen LogP contribution >= 0.6 is 0 Å². The van der Waals surface area contributed by atoms with E-state index in [0.717, 1.165) is 35.5 Å². The molecule has 98 valence electrons. The number of nitrogens with one attached hydrogen (secondary N) is 1. The summed E-state index contributed by atoms with van der Waals surface area (Å²) >= 11 is 0. The Balaban J connectivity index is 1.78. The molecule has 0 amide bonds. The van der Waals surface area contributed by atoms with Crippen molar-refractivity contribution in [3.8, 4) is 0 Å². The van der Waals surface area contributed by atoms with Crippen molar-refractivity contribution in [2.75, 3.05) is 0 Å². The van der Waals surface area contributed by atoms with Crippen molar-refractivity contribution < 1.29 is 0 Å². The zero-order valence-electron chi connectivity index (χ0n) is 11.4. The summed E-state index contributed by atoms with van der Waals surface area (Å²) in [6.07, 6.45) is 8.82. The van der Waals surface area contributed by atoms with Gasteiger partial charge in [-0.05, 0) is 67.6 Å². The molecule has 0 aromatic carbocycles. The summed E-state index contributed by atoms with van der Waals surface area (Å²) in [4.78, 5) is 0. The molecule has 4 saturated carbocycles. The average molecular weight is 236 g/mol. The molecular formula is C15H28N2. The van der Waals surface area contributed by atoms with Crippen molar-refractivity contribution in [3.63, 3.8) is 0 Å². The van der Waals surface area contributed by atoms with Crippen LogP contribution in [0, 0.1) is 35.5 Å². The Labute approximate surface area is 106 Å². The first-order valence-corrected chi connectivity index (χ1v) is 7.69. The van der Waals surface area contributed by atoms with E-state index < -0.39 is 0 Å². The molecule has 3 N–H and O–H groups in total. The molecule has 4 bridgehead atoms. The van der Waals surface area contributed by atoms with E-state index in [4.69, 9.17) is 5.84 Å². The van der Waals surface area contributed by atoms with Gasteiger partial charge in [-0.15, -0.1) is 0 Å². The predicted molar refractivity (Wildman–Crippen MR) is 71.1 cm³/mol.